The van der Waals surface area contributed by atoms with Crippen LogP contribution in [-0.4, -0.2) is 25.0 Å². The Morgan fingerprint density at radius 3 is 2.42 bits per heavy atom. The number of alkyl halides is 3. The van der Waals surface area contributed by atoms with E-state index in [4.69, 9.17) is 0 Å². The Kier molecular flexibility index (Phi) is 3.55. The molecule has 0 unspecified atom stereocenters. The van der Waals surface area contributed by atoms with E-state index in [0.717, 1.165) is 25.2 Å². The summed E-state index contributed by atoms with van der Waals surface area (Å²) in [5, 5.41) is 9.43. The lowest BCUT2D eigenvalue weighted by atomic mass is 9.74. The highest BCUT2D eigenvalue weighted by atomic mass is 19.4. The molecule has 1 saturated heterocycles. The molecule has 1 fully saturated rings. The number of nitriles is 1. The smallest absolute Gasteiger partial charge is 0.306 e. The van der Waals surface area contributed by atoms with Gasteiger partial charge in [0.25, 0.3) is 0 Å². The summed E-state index contributed by atoms with van der Waals surface area (Å²) in [6.45, 7) is 1.45. The van der Waals surface area contributed by atoms with Gasteiger partial charge >= 0.3 is 6.18 Å². The van der Waals surface area contributed by atoms with Gasteiger partial charge in [-0.1, -0.05) is 18.2 Å². The Balaban J connectivity index is 2.37. The van der Waals surface area contributed by atoms with Gasteiger partial charge in [-0.3, -0.25) is 0 Å². The third-order valence-corrected chi connectivity index (χ3v) is 3.80. The average molecular weight is 268 g/mol. The number of likely N-dealkylation sites (tertiary alicyclic amines) is 1. The molecule has 0 aromatic heterocycles. The van der Waals surface area contributed by atoms with Gasteiger partial charge in [-0.25, -0.2) is 0 Å². The van der Waals surface area contributed by atoms with E-state index in [9.17, 15) is 18.4 Å². The van der Waals surface area contributed by atoms with E-state index < -0.39 is 17.2 Å². The van der Waals surface area contributed by atoms with E-state index in [2.05, 4.69) is 11.0 Å². The lowest BCUT2D eigenvalue weighted by Crippen LogP contribution is -2.40. The molecule has 1 aromatic rings. The minimum atomic E-state index is -4.36. The van der Waals surface area contributed by atoms with Crippen molar-refractivity contribution in [3.05, 3.63) is 35.4 Å². The van der Waals surface area contributed by atoms with E-state index in [1.165, 1.54) is 6.07 Å². The molecule has 19 heavy (non-hydrogen) atoms. The summed E-state index contributed by atoms with van der Waals surface area (Å²) in [6, 6.07) is 7.42. The number of piperidine rings is 1. The minimum Gasteiger partial charge on any atom is -0.306 e. The second-order valence-electron chi connectivity index (χ2n) is 5.08. The predicted molar refractivity (Wildman–Crippen MR) is 65.5 cm³/mol. The fourth-order valence-corrected chi connectivity index (χ4v) is 2.46. The summed E-state index contributed by atoms with van der Waals surface area (Å²) in [4.78, 5) is 2.09. The third-order valence-electron chi connectivity index (χ3n) is 3.80. The number of hydrogen-bond donors (Lipinski definition) is 0. The van der Waals surface area contributed by atoms with E-state index in [-0.39, 0.29) is 0 Å². The Labute approximate surface area is 110 Å². The highest BCUT2D eigenvalue weighted by molar-refractivity contribution is 5.37. The van der Waals surface area contributed by atoms with Crippen molar-refractivity contribution in [3.63, 3.8) is 0 Å². The summed E-state index contributed by atoms with van der Waals surface area (Å²) < 4.78 is 38.2. The number of nitrogens with zero attached hydrogens (tertiary/aromatic N) is 2. The van der Waals surface area contributed by atoms with Gasteiger partial charge in [0.05, 0.1) is 17.0 Å². The van der Waals surface area contributed by atoms with Crippen LogP contribution in [0.25, 0.3) is 0 Å². The van der Waals surface area contributed by atoms with E-state index in [1.54, 1.807) is 6.07 Å². The molecule has 0 amide bonds. The highest BCUT2D eigenvalue weighted by Gasteiger charge is 2.38. The number of hydrogen-bond acceptors (Lipinski definition) is 2. The van der Waals surface area contributed by atoms with Crippen molar-refractivity contribution in [2.24, 2.45) is 0 Å². The van der Waals surface area contributed by atoms with E-state index in [0.29, 0.717) is 18.4 Å². The van der Waals surface area contributed by atoms with Crippen LogP contribution in [0.1, 0.15) is 24.0 Å². The van der Waals surface area contributed by atoms with Crippen LogP contribution in [0.3, 0.4) is 0 Å². The van der Waals surface area contributed by atoms with Crippen molar-refractivity contribution in [3.8, 4) is 6.07 Å². The quantitative estimate of drug-likeness (QED) is 0.782. The Morgan fingerprint density at radius 1 is 1.26 bits per heavy atom. The van der Waals surface area contributed by atoms with Gasteiger partial charge in [-0.05, 0) is 44.6 Å². The normalized spacial score (nSPS) is 19.9. The first-order valence-electron chi connectivity index (χ1n) is 6.15. The topological polar surface area (TPSA) is 27.0 Å². The molecule has 1 aliphatic heterocycles. The standard InChI is InChI=1S/C14H15F3N2/c1-19-7-5-13(10-18,6-8-19)11-3-2-4-12(9-11)14(15,16)17/h2-4,9H,5-8H2,1H3. The molecule has 1 aliphatic rings. The zero-order chi connectivity index (χ0) is 14.1. The highest BCUT2D eigenvalue weighted by Crippen LogP contribution is 2.37. The molecule has 0 bridgehead atoms. The number of halogens is 3. The maximum Gasteiger partial charge on any atom is 0.416 e. The first kappa shape index (κ1) is 13.9. The summed E-state index contributed by atoms with van der Waals surface area (Å²) in [6.07, 6.45) is -3.22. The summed E-state index contributed by atoms with van der Waals surface area (Å²) in [7, 11) is 1.95. The van der Waals surface area contributed by atoms with E-state index >= 15 is 0 Å². The van der Waals surface area contributed by atoms with Crippen LogP contribution in [-0.2, 0) is 11.6 Å². The van der Waals surface area contributed by atoms with Crippen LogP contribution < -0.4 is 0 Å². The fraction of sp³-hybridized carbons (Fsp3) is 0.500. The van der Waals surface area contributed by atoms with Crippen molar-refractivity contribution in [2.45, 2.75) is 24.4 Å². The predicted octanol–water partition coefficient (Wildman–Crippen LogP) is 3.19. The number of rotatable bonds is 1. The molecule has 2 rings (SSSR count). The first-order chi connectivity index (χ1) is 8.87. The molecule has 0 atom stereocenters. The lowest BCUT2D eigenvalue weighted by Gasteiger charge is -2.36. The fourth-order valence-electron chi connectivity index (χ4n) is 2.46. The Hall–Kier alpha value is -1.54. The monoisotopic (exact) mass is 268 g/mol. The van der Waals surface area contributed by atoms with Gasteiger partial charge in [0.15, 0.2) is 0 Å². The molecule has 0 saturated carbocycles. The summed E-state index contributed by atoms with van der Waals surface area (Å²) in [5.41, 5.74) is -0.982. The van der Waals surface area contributed by atoms with E-state index in [1.807, 2.05) is 7.05 Å². The zero-order valence-corrected chi connectivity index (χ0v) is 10.7. The molecule has 1 heterocycles. The molecule has 0 spiro atoms. The molecular formula is C14H15F3N2. The molecule has 0 radical (unpaired) electrons. The van der Waals surface area contributed by atoms with Gasteiger partial charge in [-0.2, -0.15) is 18.4 Å². The molecule has 102 valence electrons. The van der Waals surface area contributed by atoms with Gasteiger partial charge < -0.3 is 4.90 Å². The van der Waals surface area contributed by atoms with Crippen molar-refractivity contribution >= 4 is 0 Å². The van der Waals surface area contributed by atoms with Crippen LogP contribution in [0.15, 0.2) is 24.3 Å². The van der Waals surface area contributed by atoms with Crippen LogP contribution >= 0.6 is 0 Å². The van der Waals surface area contributed by atoms with Crippen molar-refractivity contribution in [1.29, 1.82) is 5.26 Å². The van der Waals surface area contributed by atoms with Gasteiger partial charge in [0, 0.05) is 0 Å². The molecule has 5 heteroatoms. The van der Waals surface area contributed by atoms with Gasteiger partial charge in [-0.15, -0.1) is 0 Å². The maximum absolute atomic E-state index is 12.7. The SMILES string of the molecule is CN1CCC(C#N)(c2cccc(C(F)(F)F)c2)CC1. The molecule has 0 aliphatic carbocycles. The summed E-state index contributed by atoms with van der Waals surface area (Å²) >= 11 is 0. The van der Waals surface area contributed by atoms with Crippen LogP contribution in [0.2, 0.25) is 0 Å². The van der Waals surface area contributed by atoms with Crippen molar-refractivity contribution < 1.29 is 13.2 Å². The molecular weight excluding hydrogens is 253 g/mol. The average Bonchev–Trinajstić information content (AvgIpc) is 2.39. The Bertz CT molecular complexity index is 494. The zero-order valence-electron chi connectivity index (χ0n) is 10.7. The van der Waals surface area contributed by atoms with Gasteiger partial charge in [0.1, 0.15) is 0 Å². The maximum atomic E-state index is 12.7. The summed E-state index contributed by atoms with van der Waals surface area (Å²) in [5.74, 6) is 0. The van der Waals surface area contributed by atoms with Gasteiger partial charge in [0.2, 0.25) is 0 Å². The third kappa shape index (κ3) is 2.74. The van der Waals surface area contributed by atoms with Crippen LogP contribution in [0.5, 0.6) is 0 Å². The molecule has 0 N–H and O–H groups in total. The second kappa shape index (κ2) is 4.86. The molecule has 2 nitrogen and oxygen atoms in total. The lowest BCUT2D eigenvalue weighted by molar-refractivity contribution is -0.137. The molecule has 1 aromatic carbocycles. The van der Waals surface area contributed by atoms with Crippen molar-refractivity contribution in [2.75, 3.05) is 20.1 Å². The second-order valence-corrected chi connectivity index (χ2v) is 5.08. The largest absolute Gasteiger partial charge is 0.416 e. The van der Waals surface area contributed by atoms with Crippen molar-refractivity contribution in [1.82, 2.24) is 4.90 Å². The first-order valence-corrected chi connectivity index (χ1v) is 6.15. The Morgan fingerprint density at radius 2 is 1.89 bits per heavy atom. The number of benzene rings is 1. The van der Waals surface area contributed by atoms with Crippen LogP contribution in [0, 0.1) is 11.3 Å². The van der Waals surface area contributed by atoms with Crippen LogP contribution in [0.4, 0.5) is 13.2 Å². The minimum absolute atomic E-state index is 0.484.